The summed E-state index contributed by atoms with van der Waals surface area (Å²) in [5, 5.41) is 3.46. The van der Waals surface area contributed by atoms with Gasteiger partial charge in [-0.05, 0) is 36.2 Å². The second kappa shape index (κ2) is 5.33. The topological polar surface area (TPSA) is 45.2 Å². The number of hydrogen-bond donors (Lipinski definition) is 1. The van der Waals surface area contributed by atoms with Crippen LogP contribution in [0.4, 0.5) is 5.69 Å². The minimum absolute atomic E-state index is 0.0861. The predicted octanol–water partition coefficient (Wildman–Crippen LogP) is 3.06. The number of anilines is 1. The minimum atomic E-state index is -0.125. The van der Waals surface area contributed by atoms with E-state index in [-0.39, 0.29) is 12.1 Å². The maximum atomic E-state index is 12.7. The Hall–Kier alpha value is -2.36. The molecular weight excluding hydrogens is 250 g/mol. The number of benzene rings is 1. The Morgan fingerprint density at radius 2 is 1.95 bits per heavy atom. The molecule has 0 spiro atoms. The molecule has 1 atom stereocenters. The summed E-state index contributed by atoms with van der Waals surface area (Å²) in [5.74, 6) is 0.0861. The Labute approximate surface area is 118 Å². The average Bonchev–Trinajstić information content (AvgIpc) is 2.51. The lowest BCUT2D eigenvalue weighted by atomic mass is 10.0. The summed E-state index contributed by atoms with van der Waals surface area (Å²) in [6, 6.07) is 11.6. The molecule has 4 nitrogen and oxygen atoms in total. The van der Waals surface area contributed by atoms with Crippen molar-refractivity contribution in [3.8, 4) is 0 Å². The van der Waals surface area contributed by atoms with Gasteiger partial charge in [-0.25, -0.2) is 0 Å². The van der Waals surface area contributed by atoms with Gasteiger partial charge in [-0.15, -0.1) is 0 Å². The second-order valence-electron chi connectivity index (χ2n) is 4.87. The van der Waals surface area contributed by atoms with E-state index >= 15 is 0 Å². The van der Waals surface area contributed by atoms with Gasteiger partial charge in [0.05, 0.1) is 5.56 Å². The zero-order valence-electron chi connectivity index (χ0n) is 11.4. The summed E-state index contributed by atoms with van der Waals surface area (Å²) >= 11 is 0. The fraction of sp³-hybridized carbons (Fsp3) is 0.250. The smallest absolute Gasteiger partial charge is 0.257 e. The van der Waals surface area contributed by atoms with Crippen LogP contribution < -0.4 is 5.32 Å². The number of para-hydroxylation sites is 1. The van der Waals surface area contributed by atoms with E-state index in [4.69, 9.17) is 0 Å². The highest BCUT2D eigenvalue weighted by Crippen LogP contribution is 2.32. The van der Waals surface area contributed by atoms with E-state index in [9.17, 15) is 4.79 Å². The summed E-state index contributed by atoms with van der Waals surface area (Å²) < 4.78 is 0. The molecule has 0 aliphatic carbocycles. The zero-order chi connectivity index (χ0) is 13.9. The van der Waals surface area contributed by atoms with Crippen LogP contribution >= 0.6 is 0 Å². The molecule has 4 heteroatoms. The SMILES string of the molecule is CCCN1C(=O)c2ccccc2N[C@H]1c1ccncc1. The first kappa shape index (κ1) is 12.7. The third-order valence-corrected chi connectivity index (χ3v) is 3.51. The van der Waals surface area contributed by atoms with E-state index < -0.39 is 0 Å². The summed E-state index contributed by atoms with van der Waals surface area (Å²) in [7, 11) is 0. The van der Waals surface area contributed by atoms with Crippen molar-refractivity contribution < 1.29 is 4.79 Å². The number of carbonyl (C=O) groups excluding carboxylic acids is 1. The highest BCUT2D eigenvalue weighted by atomic mass is 16.2. The van der Waals surface area contributed by atoms with Crippen LogP contribution in [0, 0.1) is 0 Å². The normalized spacial score (nSPS) is 17.6. The fourth-order valence-corrected chi connectivity index (χ4v) is 2.57. The number of aromatic nitrogens is 1. The number of fused-ring (bicyclic) bond motifs is 1. The van der Waals surface area contributed by atoms with Crippen molar-refractivity contribution in [1.29, 1.82) is 0 Å². The van der Waals surface area contributed by atoms with Gasteiger partial charge in [-0.3, -0.25) is 9.78 Å². The van der Waals surface area contributed by atoms with Crippen LogP contribution in [0.25, 0.3) is 0 Å². The first-order chi connectivity index (χ1) is 9.81. The molecule has 2 aromatic rings. The number of carbonyl (C=O) groups is 1. The average molecular weight is 267 g/mol. The molecule has 2 heterocycles. The molecule has 1 aromatic carbocycles. The maximum Gasteiger partial charge on any atom is 0.257 e. The minimum Gasteiger partial charge on any atom is -0.361 e. The fourth-order valence-electron chi connectivity index (χ4n) is 2.57. The monoisotopic (exact) mass is 267 g/mol. The van der Waals surface area contributed by atoms with Gasteiger partial charge < -0.3 is 10.2 Å². The molecule has 0 unspecified atom stereocenters. The third-order valence-electron chi connectivity index (χ3n) is 3.51. The van der Waals surface area contributed by atoms with Crippen LogP contribution in [0.2, 0.25) is 0 Å². The summed E-state index contributed by atoms with van der Waals surface area (Å²) in [6.07, 6.45) is 4.32. The molecule has 1 aliphatic heterocycles. The molecule has 0 fully saturated rings. The molecule has 0 radical (unpaired) electrons. The Morgan fingerprint density at radius 3 is 2.70 bits per heavy atom. The van der Waals surface area contributed by atoms with E-state index in [0.29, 0.717) is 0 Å². The van der Waals surface area contributed by atoms with Gasteiger partial charge >= 0.3 is 0 Å². The molecule has 20 heavy (non-hydrogen) atoms. The van der Waals surface area contributed by atoms with Crippen molar-refractivity contribution in [2.75, 3.05) is 11.9 Å². The molecule has 0 saturated carbocycles. The molecule has 102 valence electrons. The Bertz CT molecular complexity index is 612. The first-order valence-corrected chi connectivity index (χ1v) is 6.87. The lowest BCUT2D eigenvalue weighted by Gasteiger charge is -2.38. The van der Waals surface area contributed by atoms with Gasteiger partial charge in [0.1, 0.15) is 6.17 Å². The largest absolute Gasteiger partial charge is 0.361 e. The highest BCUT2D eigenvalue weighted by Gasteiger charge is 2.31. The van der Waals surface area contributed by atoms with Gasteiger partial charge in [0.2, 0.25) is 0 Å². The van der Waals surface area contributed by atoms with Crippen LogP contribution in [0.1, 0.15) is 35.4 Å². The summed E-state index contributed by atoms with van der Waals surface area (Å²) in [5.41, 5.74) is 2.69. The van der Waals surface area contributed by atoms with Gasteiger partial charge in [0.25, 0.3) is 5.91 Å². The van der Waals surface area contributed by atoms with Crippen molar-refractivity contribution in [1.82, 2.24) is 9.88 Å². The number of pyridine rings is 1. The molecule has 0 bridgehead atoms. The van der Waals surface area contributed by atoms with Crippen LogP contribution in [0.5, 0.6) is 0 Å². The molecule has 1 aromatic heterocycles. The van der Waals surface area contributed by atoms with Gasteiger partial charge in [-0.1, -0.05) is 19.1 Å². The van der Waals surface area contributed by atoms with Crippen LogP contribution in [0.3, 0.4) is 0 Å². The Balaban J connectivity index is 2.03. The quantitative estimate of drug-likeness (QED) is 0.929. The second-order valence-corrected chi connectivity index (χ2v) is 4.87. The van der Waals surface area contributed by atoms with Crippen LogP contribution in [-0.4, -0.2) is 22.3 Å². The third kappa shape index (κ3) is 2.13. The molecule has 0 saturated heterocycles. The van der Waals surface area contributed by atoms with Gasteiger partial charge in [0.15, 0.2) is 0 Å². The van der Waals surface area contributed by atoms with Crippen LogP contribution in [0.15, 0.2) is 48.8 Å². The number of nitrogens with one attached hydrogen (secondary N) is 1. The van der Waals surface area contributed by atoms with Gasteiger partial charge in [-0.2, -0.15) is 0 Å². The Kier molecular flexibility index (Phi) is 3.37. The van der Waals surface area contributed by atoms with Crippen LogP contribution in [-0.2, 0) is 0 Å². The van der Waals surface area contributed by atoms with Gasteiger partial charge in [0, 0.05) is 24.6 Å². The van der Waals surface area contributed by atoms with E-state index in [0.717, 1.165) is 29.8 Å². The highest BCUT2D eigenvalue weighted by molar-refractivity contribution is 6.01. The zero-order valence-corrected chi connectivity index (χ0v) is 11.4. The van der Waals surface area contributed by atoms with E-state index in [2.05, 4.69) is 17.2 Å². The van der Waals surface area contributed by atoms with Crippen molar-refractivity contribution in [3.63, 3.8) is 0 Å². The summed E-state index contributed by atoms with van der Waals surface area (Å²) in [4.78, 5) is 18.6. The van der Waals surface area contributed by atoms with Crippen molar-refractivity contribution in [2.24, 2.45) is 0 Å². The van der Waals surface area contributed by atoms with Crippen molar-refractivity contribution >= 4 is 11.6 Å². The molecule has 1 N–H and O–H groups in total. The standard InChI is InChI=1S/C16H17N3O/c1-2-11-19-15(12-7-9-17-10-8-12)18-14-6-4-3-5-13(14)16(19)20/h3-10,15,18H,2,11H2,1H3/t15-/m1/s1. The molecule has 3 rings (SSSR count). The van der Waals surface area contributed by atoms with Crippen molar-refractivity contribution in [3.05, 3.63) is 59.9 Å². The predicted molar refractivity (Wildman–Crippen MR) is 78.4 cm³/mol. The van der Waals surface area contributed by atoms with E-state index in [1.165, 1.54) is 0 Å². The molecule has 1 aliphatic rings. The number of rotatable bonds is 3. The number of amides is 1. The molecular formula is C16H17N3O. The Morgan fingerprint density at radius 1 is 1.20 bits per heavy atom. The van der Waals surface area contributed by atoms with E-state index in [1.54, 1.807) is 12.4 Å². The number of hydrogen-bond acceptors (Lipinski definition) is 3. The maximum absolute atomic E-state index is 12.7. The lowest BCUT2D eigenvalue weighted by molar-refractivity contribution is 0.0683. The summed E-state index contributed by atoms with van der Waals surface area (Å²) in [6.45, 7) is 2.81. The van der Waals surface area contributed by atoms with Crippen molar-refractivity contribution in [2.45, 2.75) is 19.5 Å². The lowest BCUT2D eigenvalue weighted by Crippen LogP contribution is -2.43. The van der Waals surface area contributed by atoms with E-state index in [1.807, 2.05) is 41.3 Å². The first-order valence-electron chi connectivity index (χ1n) is 6.87. The molecule has 1 amide bonds. The number of nitrogens with zero attached hydrogens (tertiary/aromatic N) is 2.